The van der Waals surface area contributed by atoms with Crippen LogP contribution in [0.4, 0.5) is 4.39 Å². The fourth-order valence-electron chi connectivity index (χ4n) is 3.46. The van der Waals surface area contributed by atoms with Crippen molar-refractivity contribution in [2.75, 3.05) is 0 Å². The molecule has 0 saturated carbocycles. The van der Waals surface area contributed by atoms with Crippen molar-refractivity contribution < 1.29 is 13.5 Å². The fraction of sp³-hybridized carbons (Fsp3) is 0.250. The van der Waals surface area contributed by atoms with Crippen molar-refractivity contribution in [1.29, 1.82) is 5.26 Å². The second-order valence-corrected chi connectivity index (χ2v) is 9.45. The summed E-state index contributed by atoms with van der Waals surface area (Å²) in [6.07, 6.45) is -0.0118. The van der Waals surface area contributed by atoms with Crippen LogP contribution in [0.1, 0.15) is 36.6 Å². The minimum Gasteiger partial charge on any atom is -0.453 e. The van der Waals surface area contributed by atoms with E-state index in [9.17, 15) is 0 Å². The van der Waals surface area contributed by atoms with Gasteiger partial charge in [0.2, 0.25) is 5.89 Å². The second-order valence-electron chi connectivity index (χ2n) is 8.24. The third-order valence-corrected chi connectivity index (χ3v) is 5.88. The first-order valence-corrected chi connectivity index (χ1v) is 11.7. The monoisotopic (exact) mass is 533 g/mol. The van der Waals surface area contributed by atoms with Crippen LogP contribution in [0, 0.1) is 30.0 Å². The number of aryl methyl sites for hydroxylation is 1. The molecule has 180 valence electrons. The molecule has 0 unspecified atom stereocenters. The summed E-state index contributed by atoms with van der Waals surface area (Å²) in [6.45, 7) is 6.57. The Bertz CT molecular complexity index is 1440. The fourth-order valence-corrected chi connectivity index (χ4v) is 4.19. The van der Waals surface area contributed by atoms with Crippen molar-refractivity contribution in [2.45, 2.75) is 33.7 Å². The summed E-state index contributed by atoms with van der Waals surface area (Å²) in [4.78, 5) is 0. The van der Waals surface area contributed by atoms with Crippen molar-refractivity contribution in [3.63, 3.8) is 0 Å². The Kier molecular flexibility index (Phi) is 7.31. The standard InChI is InChI=1S/C24H19Cl3FN5O2/c1-12(2)11-33-23(27)20(13(3)32-33)24-31-30-19(35-24)8-15-4-5-18(26)22(21(15)28)34-17-7-14(10-29)6-16(25)9-17/h4-7,9,12H,8,11H2,1-3H3. The number of benzene rings is 2. The molecule has 2 aromatic carbocycles. The van der Waals surface area contributed by atoms with E-state index in [1.54, 1.807) is 11.6 Å². The maximum Gasteiger partial charge on any atom is 0.252 e. The highest BCUT2D eigenvalue weighted by molar-refractivity contribution is 6.32. The molecule has 0 N–H and O–H groups in total. The molecule has 0 amide bonds. The molecular formula is C24H19Cl3FN5O2. The van der Waals surface area contributed by atoms with E-state index < -0.39 is 5.82 Å². The lowest BCUT2D eigenvalue weighted by molar-refractivity contribution is 0.437. The molecule has 0 bridgehead atoms. The van der Waals surface area contributed by atoms with E-state index in [1.165, 1.54) is 30.3 Å². The van der Waals surface area contributed by atoms with Gasteiger partial charge in [0.1, 0.15) is 10.9 Å². The molecule has 11 heteroatoms. The Hall–Kier alpha value is -3.12. The minimum absolute atomic E-state index is 0.0118. The molecule has 0 aliphatic heterocycles. The van der Waals surface area contributed by atoms with Crippen molar-refractivity contribution >= 4 is 34.8 Å². The lowest BCUT2D eigenvalue weighted by Crippen LogP contribution is -2.06. The molecule has 0 saturated heterocycles. The van der Waals surface area contributed by atoms with Gasteiger partial charge in [0.25, 0.3) is 5.89 Å². The Morgan fingerprint density at radius 1 is 1.17 bits per heavy atom. The van der Waals surface area contributed by atoms with Gasteiger partial charge in [-0.1, -0.05) is 54.7 Å². The van der Waals surface area contributed by atoms with Gasteiger partial charge in [0, 0.05) is 17.1 Å². The van der Waals surface area contributed by atoms with Crippen LogP contribution in [0.2, 0.25) is 15.2 Å². The topological polar surface area (TPSA) is 89.8 Å². The second kappa shape index (κ2) is 10.2. The van der Waals surface area contributed by atoms with Gasteiger partial charge < -0.3 is 9.15 Å². The molecule has 0 aliphatic rings. The van der Waals surface area contributed by atoms with E-state index in [4.69, 9.17) is 49.2 Å². The number of nitrogens with zero attached hydrogens (tertiary/aromatic N) is 5. The van der Waals surface area contributed by atoms with E-state index in [-0.39, 0.29) is 50.9 Å². The summed E-state index contributed by atoms with van der Waals surface area (Å²) in [5.74, 6) is -0.00473. The van der Waals surface area contributed by atoms with Crippen LogP contribution in [0.3, 0.4) is 0 Å². The molecule has 0 atom stereocenters. The van der Waals surface area contributed by atoms with Gasteiger partial charge in [0.05, 0.1) is 34.3 Å². The molecular weight excluding hydrogens is 516 g/mol. The quantitative estimate of drug-likeness (QED) is 0.248. The van der Waals surface area contributed by atoms with Crippen molar-refractivity contribution in [2.24, 2.45) is 5.92 Å². The predicted octanol–water partition coefficient (Wildman–Crippen LogP) is 7.25. The molecule has 4 rings (SSSR count). The van der Waals surface area contributed by atoms with Crippen molar-refractivity contribution in [3.8, 4) is 29.0 Å². The molecule has 2 heterocycles. The highest BCUT2D eigenvalue weighted by atomic mass is 35.5. The van der Waals surface area contributed by atoms with E-state index in [1.807, 2.05) is 6.07 Å². The van der Waals surface area contributed by atoms with E-state index >= 15 is 4.39 Å². The van der Waals surface area contributed by atoms with Crippen LogP contribution in [0.15, 0.2) is 34.7 Å². The van der Waals surface area contributed by atoms with E-state index in [2.05, 4.69) is 29.1 Å². The predicted molar refractivity (Wildman–Crippen MR) is 131 cm³/mol. The van der Waals surface area contributed by atoms with Gasteiger partial charge in [0.15, 0.2) is 11.6 Å². The summed E-state index contributed by atoms with van der Waals surface area (Å²) < 4.78 is 28.5. The molecule has 0 spiro atoms. The molecule has 0 radical (unpaired) electrons. The van der Waals surface area contributed by atoms with Crippen LogP contribution < -0.4 is 4.74 Å². The number of nitriles is 1. The van der Waals surface area contributed by atoms with Gasteiger partial charge in [-0.15, -0.1) is 10.2 Å². The first kappa shape index (κ1) is 25.0. The summed E-state index contributed by atoms with van der Waals surface area (Å²) in [7, 11) is 0. The molecule has 0 aliphatic carbocycles. The zero-order valence-corrected chi connectivity index (χ0v) is 21.2. The third-order valence-electron chi connectivity index (χ3n) is 4.98. The largest absolute Gasteiger partial charge is 0.453 e. The number of hydrogen-bond acceptors (Lipinski definition) is 6. The van der Waals surface area contributed by atoms with Gasteiger partial charge in [-0.25, -0.2) is 4.39 Å². The number of rotatable bonds is 7. The average Bonchev–Trinajstić information content (AvgIpc) is 3.35. The summed E-state index contributed by atoms with van der Waals surface area (Å²) in [5, 5.41) is 22.4. The van der Waals surface area contributed by atoms with E-state index in [0.29, 0.717) is 28.9 Å². The third kappa shape index (κ3) is 5.43. The molecule has 35 heavy (non-hydrogen) atoms. The first-order valence-electron chi connectivity index (χ1n) is 10.6. The normalized spacial score (nSPS) is 11.2. The lowest BCUT2D eigenvalue weighted by atomic mass is 10.1. The highest BCUT2D eigenvalue weighted by Crippen LogP contribution is 2.36. The highest BCUT2D eigenvalue weighted by Gasteiger charge is 2.23. The van der Waals surface area contributed by atoms with Crippen LogP contribution in [-0.2, 0) is 13.0 Å². The summed E-state index contributed by atoms with van der Waals surface area (Å²) in [5.41, 5.74) is 1.68. The Balaban J connectivity index is 1.61. The molecule has 7 nitrogen and oxygen atoms in total. The molecule has 4 aromatic rings. The van der Waals surface area contributed by atoms with Crippen LogP contribution >= 0.6 is 34.8 Å². The van der Waals surface area contributed by atoms with Gasteiger partial charge >= 0.3 is 0 Å². The van der Waals surface area contributed by atoms with E-state index in [0.717, 1.165) is 0 Å². The van der Waals surface area contributed by atoms with Gasteiger partial charge in [-0.2, -0.15) is 10.4 Å². The van der Waals surface area contributed by atoms with Crippen molar-refractivity contribution in [3.05, 3.63) is 74.1 Å². The Labute approximate surface area is 216 Å². The minimum atomic E-state index is -0.699. The van der Waals surface area contributed by atoms with Crippen LogP contribution in [0.5, 0.6) is 11.5 Å². The Morgan fingerprint density at radius 3 is 2.66 bits per heavy atom. The zero-order valence-electron chi connectivity index (χ0n) is 18.9. The molecule has 2 aromatic heterocycles. The van der Waals surface area contributed by atoms with Gasteiger partial charge in [-0.3, -0.25) is 4.68 Å². The number of halogens is 4. The number of hydrogen-bond donors (Lipinski definition) is 0. The maximum atomic E-state index is 15.3. The SMILES string of the molecule is Cc1nn(CC(C)C)c(Cl)c1-c1nnc(Cc2ccc(Cl)c(Oc3cc(Cl)cc(C#N)c3)c2F)o1. The van der Waals surface area contributed by atoms with Crippen LogP contribution in [-0.4, -0.2) is 20.0 Å². The summed E-state index contributed by atoms with van der Waals surface area (Å²) >= 11 is 18.7. The summed E-state index contributed by atoms with van der Waals surface area (Å²) in [6, 6.07) is 9.33. The first-order chi connectivity index (χ1) is 16.7. The van der Waals surface area contributed by atoms with Crippen LogP contribution in [0.25, 0.3) is 11.5 Å². The zero-order chi connectivity index (χ0) is 25.3. The molecule has 0 fully saturated rings. The Morgan fingerprint density at radius 2 is 1.94 bits per heavy atom. The number of ether oxygens (including phenoxy) is 1. The lowest BCUT2D eigenvalue weighted by Gasteiger charge is -2.11. The van der Waals surface area contributed by atoms with Crippen molar-refractivity contribution in [1.82, 2.24) is 20.0 Å². The van der Waals surface area contributed by atoms with Gasteiger partial charge in [-0.05, 0) is 37.1 Å². The maximum absolute atomic E-state index is 15.3. The smallest absolute Gasteiger partial charge is 0.252 e. The average molecular weight is 535 g/mol. The number of aromatic nitrogens is 4.